The summed E-state index contributed by atoms with van der Waals surface area (Å²) >= 11 is 0. The summed E-state index contributed by atoms with van der Waals surface area (Å²) in [5.74, 6) is 1.76. The first-order valence-corrected chi connectivity index (χ1v) is 9.06. The van der Waals surface area contributed by atoms with Gasteiger partial charge in [-0.15, -0.1) is 0 Å². The van der Waals surface area contributed by atoms with E-state index >= 15 is 0 Å². The van der Waals surface area contributed by atoms with Gasteiger partial charge >= 0.3 is 0 Å². The zero-order chi connectivity index (χ0) is 15.0. The summed E-state index contributed by atoms with van der Waals surface area (Å²) in [6.07, 6.45) is 10.7. The molecule has 1 unspecified atom stereocenters. The average Bonchev–Trinajstić information content (AvgIpc) is 2.49. The Balaban J connectivity index is 2.66. The van der Waals surface area contributed by atoms with Gasteiger partial charge in [0.25, 0.3) is 0 Å². The van der Waals surface area contributed by atoms with Crippen molar-refractivity contribution in [3.8, 4) is 0 Å². The zero-order valence-electron chi connectivity index (χ0n) is 14.5. The van der Waals surface area contributed by atoms with E-state index in [0.717, 1.165) is 24.9 Å². The van der Waals surface area contributed by atoms with Crippen LogP contribution in [0.1, 0.15) is 79.1 Å². The fourth-order valence-corrected chi connectivity index (χ4v) is 3.84. The number of hydrogen-bond acceptors (Lipinski definition) is 2. The summed E-state index contributed by atoms with van der Waals surface area (Å²) in [6.45, 7) is 12.6. The first kappa shape index (κ1) is 18.0. The minimum atomic E-state index is 0.306. The molecule has 2 N–H and O–H groups in total. The maximum atomic E-state index is 6.24. The SMILES string of the molecule is CCCCC(CC)CN(CC)C1(CN)CCC(C)CC1. The predicted molar refractivity (Wildman–Crippen MR) is 90.0 cm³/mol. The van der Waals surface area contributed by atoms with Crippen LogP contribution in [0.3, 0.4) is 0 Å². The summed E-state index contributed by atoms with van der Waals surface area (Å²) in [6, 6.07) is 0. The quantitative estimate of drug-likeness (QED) is 0.678. The second kappa shape index (κ2) is 9.04. The molecule has 0 spiro atoms. The molecule has 1 fully saturated rings. The molecule has 0 amide bonds. The third kappa shape index (κ3) is 4.73. The van der Waals surface area contributed by atoms with Crippen LogP contribution in [-0.2, 0) is 0 Å². The molecule has 0 bridgehead atoms. The summed E-state index contributed by atoms with van der Waals surface area (Å²) in [4.78, 5) is 2.74. The molecule has 0 radical (unpaired) electrons. The van der Waals surface area contributed by atoms with Gasteiger partial charge in [0, 0.05) is 18.6 Å². The van der Waals surface area contributed by atoms with E-state index in [1.54, 1.807) is 0 Å². The van der Waals surface area contributed by atoms with E-state index in [2.05, 4.69) is 32.6 Å². The van der Waals surface area contributed by atoms with Gasteiger partial charge in [-0.1, -0.05) is 47.0 Å². The molecule has 0 aromatic rings. The Hall–Kier alpha value is -0.0800. The van der Waals surface area contributed by atoms with Crippen LogP contribution in [0.4, 0.5) is 0 Å². The van der Waals surface area contributed by atoms with Crippen LogP contribution in [0, 0.1) is 11.8 Å². The Labute approximate surface area is 127 Å². The van der Waals surface area contributed by atoms with Crippen molar-refractivity contribution in [2.75, 3.05) is 19.6 Å². The van der Waals surface area contributed by atoms with Crippen LogP contribution in [0.25, 0.3) is 0 Å². The molecule has 1 aliphatic carbocycles. The molecule has 1 saturated carbocycles. The van der Waals surface area contributed by atoms with Crippen molar-refractivity contribution in [1.82, 2.24) is 4.90 Å². The first-order chi connectivity index (χ1) is 9.61. The van der Waals surface area contributed by atoms with Gasteiger partial charge in [0.15, 0.2) is 0 Å². The Morgan fingerprint density at radius 1 is 1.20 bits per heavy atom. The largest absolute Gasteiger partial charge is 0.329 e. The molecule has 1 atom stereocenters. The second-order valence-corrected chi connectivity index (χ2v) is 7.07. The fourth-order valence-electron chi connectivity index (χ4n) is 3.84. The molecule has 0 saturated heterocycles. The van der Waals surface area contributed by atoms with Crippen molar-refractivity contribution in [2.45, 2.75) is 84.6 Å². The molecular formula is C18H38N2. The lowest BCUT2D eigenvalue weighted by Gasteiger charge is -2.48. The van der Waals surface area contributed by atoms with Crippen LogP contribution in [0.5, 0.6) is 0 Å². The van der Waals surface area contributed by atoms with Crippen molar-refractivity contribution in [2.24, 2.45) is 17.6 Å². The van der Waals surface area contributed by atoms with Gasteiger partial charge in [-0.25, -0.2) is 0 Å². The topological polar surface area (TPSA) is 29.3 Å². The van der Waals surface area contributed by atoms with E-state index in [0.29, 0.717) is 5.54 Å². The van der Waals surface area contributed by atoms with Gasteiger partial charge < -0.3 is 5.73 Å². The number of unbranched alkanes of at least 4 members (excludes halogenated alkanes) is 1. The van der Waals surface area contributed by atoms with E-state index < -0.39 is 0 Å². The average molecular weight is 283 g/mol. The van der Waals surface area contributed by atoms with Crippen molar-refractivity contribution in [1.29, 1.82) is 0 Å². The van der Waals surface area contributed by atoms with Crippen LogP contribution >= 0.6 is 0 Å². The molecule has 1 aliphatic rings. The highest BCUT2D eigenvalue weighted by Gasteiger charge is 2.38. The molecule has 120 valence electrons. The Morgan fingerprint density at radius 3 is 2.30 bits per heavy atom. The van der Waals surface area contributed by atoms with Crippen molar-refractivity contribution in [3.63, 3.8) is 0 Å². The Morgan fingerprint density at radius 2 is 1.85 bits per heavy atom. The van der Waals surface area contributed by atoms with Gasteiger partial charge in [-0.3, -0.25) is 4.90 Å². The van der Waals surface area contributed by atoms with Crippen LogP contribution in [0.2, 0.25) is 0 Å². The van der Waals surface area contributed by atoms with E-state index in [1.165, 1.54) is 57.9 Å². The Kier molecular flexibility index (Phi) is 8.13. The lowest BCUT2D eigenvalue weighted by Crippen LogP contribution is -2.56. The number of likely N-dealkylation sites (N-methyl/N-ethyl adjacent to an activating group) is 1. The van der Waals surface area contributed by atoms with E-state index in [-0.39, 0.29) is 0 Å². The summed E-state index contributed by atoms with van der Waals surface area (Å²) < 4.78 is 0. The molecule has 2 nitrogen and oxygen atoms in total. The zero-order valence-corrected chi connectivity index (χ0v) is 14.5. The third-order valence-electron chi connectivity index (χ3n) is 5.66. The molecular weight excluding hydrogens is 244 g/mol. The maximum Gasteiger partial charge on any atom is 0.0331 e. The predicted octanol–water partition coefficient (Wildman–Crippen LogP) is 4.43. The minimum absolute atomic E-state index is 0.306. The van der Waals surface area contributed by atoms with Gasteiger partial charge in [0.2, 0.25) is 0 Å². The lowest BCUT2D eigenvalue weighted by atomic mass is 9.75. The summed E-state index contributed by atoms with van der Waals surface area (Å²) in [5, 5.41) is 0. The Bertz CT molecular complexity index is 244. The van der Waals surface area contributed by atoms with E-state index in [9.17, 15) is 0 Å². The normalized spacial score (nSPS) is 28.8. The highest BCUT2D eigenvalue weighted by atomic mass is 15.2. The monoisotopic (exact) mass is 282 g/mol. The van der Waals surface area contributed by atoms with Gasteiger partial charge in [0.05, 0.1) is 0 Å². The highest BCUT2D eigenvalue weighted by molar-refractivity contribution is 4.95. The molecule has 0 aromatic carbocycles. The fraction of sp³-hybridized carbons (Fsp3) is 1.00. The molecule has 0 aliphatic heterocycles. The smallest absolute Gasteiger partial charge is 0.0331 e. The van der Waals surface area contributed by atoms with Crippen LogP contribution in [0.15, 0.2) is 0 Å². The number of hydrogen-bond donors (Lipinski definition) is 1. The van der Waals surface area contributed by atoms with Crippen molar-refractivity contribution >= 4 is 0 Å². The first-order valence-electron chi connectivity index (χ1n) is 9.06. The number of nitrogens with two attached hydrogens (primary N) is 1. The molecule has 2 heteroatoms. The van der Waals surface area contributed by atoms with E-state index in [4.69, 9.17) is 5.73 Å². The standard InChI is InChI=1S/C18H38N2/c1-5-8-9-17(6-2)14-20(7-3)18(15-19)12-10-16(4)11-13-18/h16-17H,5-15,19H2,1-4H3. The number of rotatable bonds is 9. The molecule has 1 rings (SSSR count). The van der Waals surface area contributed by atoms with Gasteiger partial charge in [0.1, 0.15) is 0 Å². The van der Waals surface area contributed by atoms with Gasteiger partial charge in [-0.05, 0) is 50.5 Å². The molecule has 0 aromatic heterocycles. The second-order valence-electron chi connectivity index (χ2n) is 7.07. The lowest BCUT2D eigenvalue weighted by molar-refractivity contribution is 0.0340. The van der Waals surface area contributed by atoms with Crippen molar-refractivity contribution < 1.29 is 0 Å². The van der Waals surface area contributed by atoms with Crippen LogP contribution < -0.4 is 5.73 Å². The summed E-state index contributed by atoms with van der Waals surface area (Å²) in [7, 11) is 0. The minimum Gasteiger partial charge on any atom is -0.329 e. The third-order valence-corrected chi connectivity index (χ3v) is 5.66. The highest BCUT2D eigenvalue weighted by Crippen LogP contribution is 2.36. The van der Waals surface area contributed by atoms with Crippen molar-refractivity contribution in [3.05, 3.63) is 0 Å². The molecule has 20 heavy (non-hydrogen) atoms. The molecule has 0 heterocycles. The maximum absolute atomic E-state index is 6.24. The van der Waals surface area contributed by atoms with E-state index in [1.807, 2.05) is 0 Å². The van der Waals surface area contributed by atoms with Crippen LogP contribution in [-0.4, -0.2) is 30.1 Å². The summed E-state index contributed by atoms with van der Waals surface area (Å²) in [5.41, 5.74) is 6.54. The number of nitrogens with zero attached hydrogens (tertiary/aromatic N) is 1. The van der Waals surface area contributed by atoms with Gasteiger partial charge in [-0.2, -0.15) is 0 Å².